The summed E-state index contributed by atoms with van der Waals surface area (Å²) in [4.78, 5) is 14.6. The molecule has 0 bridgehead atoms. The molecule has 1 aromatic carbocycles. The normalized spacial score (nSPS) is 22.1. The summed E-state index contributed by atoms with van der Waals surface area (Å²) < 4.78 is 65.2. The van der Waals surface area contributed by atoms with Gasteiger partial charge in [-0.15, -0.1) is 0 Å². The highest BCUT2D eigenvalue weighted by Gasteiger charge is 2.43. The minimum absolute atomic E-state index is 0.0630. The van der Waals surface area contributed by atoms with Crippen molar-refractivity contribution in [1.29, 1.82) is 0 Å². The minimum Gasteiger partial charge on any atom is -0.333 e. The van der Waals surface area contributed by atoms with Gasteiger partial charge in [0.15, 0.2) is 0 Å². The zero-order valence-corrected chi connectivity index (χ0v) is 14.5. The maximum atomic E-state index is 13.4. The van der Waals surface area contributed by atoms with Gasteiger partial charge in [0.1, 0.15) is 0 Å². The van der Waals surface area contributed by atoms with E-state index in [-0.39, 0.29) is 49.2 Å². The van der Waals surface area contributed by atoms with Gasteiger partial charge in [0.2, 0.25) is 5.92 Å². The molecule has 0 heterocycles. The van der Waals surface area contributed by atoms with E-state index in [0.717, 1.165) is 19.8 Å². The summed E-state index contributed by atoms with van der Waals surface area (Å²) >= 11 is 0. The van der Waals surface area contributed by atoms with Crippen molar-refractivity contribution < 1.29 is 26.7 Å². The molecule has 2 aliphatic carbocycles. The van der Waals surface area contributed by atoms with Crippen LogP contribution in [0, 0.1) is 0 Å². The van der Waals surface area contributed by atoms with Gasteiger partial charge in [-0.05, 0) is 50.3 Å². The number of benzene rings is 1. The molecule has 2 nitrogen and oxygen atoms in total. The Bertz CT molecular complexity index is 641. The molecule has 0 aromatic heterocycles. The first-order chi connectivity index (χ1) is 12.1. The molecular formula is C19H22F5NO. The number of carbonyl (C=O) groups excluding carboxylic acids is 1. The predicted octanol–water partition coefficient (Wildman–Crippen LogP) is 5.53. The number of rotatable bonds is 4. The van der Waals surface area contributed by atoms with E-state index in [1.165, 1.54) is 24.3 Å². The fourth-order valence-corrected chi connectivity index (χ4v) is 3.54. The second-order valence-corrected chi connectivity index (χ2v) is 7.42. The van der Waals surface area contributed by atoms with E-state index >= 15 is 0 Å². The lowest BCUT2D eigenvalue weighted by Gasteiger charge is -2.37. The third-order valence-electron chi connectivity index (χ3n) is 5.40. The van der Waals surface area contributed by atoms with E-state index in [0.29, 0.717) is 5.56 Å². The summed E-state index contributed by atoms with van der Waals surface area (Å²) in [5, 5.41) is 0. The van der Waals surface area contributed by atoms with E-state index in [1.54, 1.807) is 4.90 Å². The van der Waals surface area contributed by atoms with Crippen LogP contribution in [0.25, 0.3) is 0 Å². The van der Waals surface area contributed by atoms with E-state index < -0.39 is 18.0 Å². The highest BCUT2D eigenvalue weighted by molar-refractivity contribution is 5.95. The lowest BCUT2D eigenvalue weighted by Crippen LogP contribution is -2.45. The highest BCUT2D eigenvalue weighted by Crippen LogP contribution is 2.40. The summed E-state index contributed by atoms with van der Waals surface area (Å²) in [6.45, 7) is 1.08. The third kappa shape index (κ3) is 4.18. The molecule has 0 unspecified atom stereocenters. The quantitative estimate of drug-likeness (QED) is 0.633. The number of hydrogen-bond acceptors (Lipinski definition) is 1. The predicted molar refractivity (Wildman–Crippen MR) is 87.3 cm³/mol. The van der Waals surface area contributed by atoms with Crippen LogP contribution in [0.2, 0.25) is 0 Å². The summed E-state index contributed by atoms with van der Waals surface area (Å²) in [6, 6.07) is 5.31. The van der Waals surface area contributed by atoms with E-state index in [9.17, 15) is 26.7 Å². The minimum atomic E-state index is -4.33. The number of nitrogens with zero attached hydrogens (tertiary/aromatic N) is 1. The molecule has 0 aliphatic heterocycles. The van der Waals surface area contributed by atoms with Gasteiger partial charge in [-0.2, -0.15) is 13.2 Å². The summed E-state index contributed by atoms with van der Waals surface area (Å²) in [6.07, 6.45) is -2.56. The van der Waals surface area contributed by atoms with Crippen molar-refractivity contribution in [3.05, 3.63) is 35.4 Å². The molecule has 7 heteroatoms. The van der Waals surface area contributed by atoms with E-state index in [1.807, 2.05) is 0 Å². The first-order valence-electron chi connectivity index (χ1n) is 8.96. The van der Waals surface area contributed by atoms with Crippen molar-refractivity contribution in [2.45, 2.75) is 75.5 Å². The molecule has 26 heavy (non-hydrogen) atoms. The molecule has 0 spiro atoms. The molecule has 0 saturated heterocycles. The van der Waals surface area contributed by atoms with Crippen molar-refractivity contribution in [2.75, 3.05) is 0 Å². The first kappa shape index (κ1) is 19.1. The largest absolute Gasteiger partial charge is 0.395 e. The van der Waals surface area contributed by atoms with Crippen LogP contribution in [0.1, 0.15) is 67.3 Å². The molecule has 2 aliphatic rings. The van der Waals surface area contributed by atoms with Gasteiger partial charge < -0.3 is 4.90 Å². The molecule has 0 radical (unpaired) electrons. The number of hydrogen-bond donors (Lipinski definition) is 0. The standard InChI is InChI=1S/C19H22F5NO/c1-12(19(22,23)24)13-2-4-14(5-3-13)17(26)25(15-6-7-15)16-8-10-18(20,21)11-9-16/h2-5,12,15-16H,6-11H2,1H3/t12-/m1/s1. The maximum Gasteiger partial charge on any atom is 0.395 e. The van der Waals surface area contributed by atoms with Crippen LogP contribution in [0.4, 0.5) is 22.0 Å². The number of alkyl halides is 5. The fraction of sp³-hybridized carbons (Fsp3) is 0.632. The van der Waals surface area contributed by atoms with Gasteiger partial charge >= 0.3 is 6.18 Å². The van der Waals surface area contributed by atoms with E-state index in [4.69, 9.17) is 0 Å². The van der Waals surface area contributed by atoms with Crippen molar-refractivity contribution in [3.63, 3.8) is 0 Å². The van der Waals surface area contributed by atoms with Crippen LogP contribution < -0.4 is 0 Å². The molecule has 1 atom stereocenters. The topological polar surface area (TPSA) is 20.3 Å². The Morgan fingerprint density at radius 3 is 2.00 bits per heavy atom. The number of carbonyl (C=O) groups is 1. The summed E-state index contributed by atoms with van der Waals surface area (Å²) in [5.41, 5.74) is 0.414. The molecule has 1 amide bonds. The van der Waals surface area contributed by atoms with Gasteiger partial charge in [-0.1, -0.05) is 12.1 Å². The Kier molecular flexibility index (Phi) is 5.01. The van der Waals surface area contributed by atoms with Crippen molar-refractivity contribution >= 4 is 5.91 Å². The number of halogens is 5. The Morgan fingerprint density at radius 1 is 1.04 bits per heavy atom. The molecule has 2 saturated carbocycles. The third-order valence-corrected chi connectivity index (χ3v) is 5.40. The van der Waals surface area contributed by atoms with Crippen LogP contribution in [0.15, 0.2) is 24.3 Å². The van der Waals surface area contributed by atoms with E-state index in [2.05, 4.69) is 0 Å². The van der Waals surface area contributed by atoms with Crippen LogP contribution in [-0.2, 0) is 0 Å². The smallest absolute Gasteiger partial charge is 0.333 e. The van der Waals surface area contributed by atoms with Crippen LogP contribution in [0.3, 0.4) is 0 Å². The molecule has 2 fully saturated rings. The van der Waals surface area contributed by atoms with Gasteiger partial charge in [-0.25, -0.2) is 8.78 Å². The molecule has 1 aromatic rings. The summed E-state index contributed by atoms with van der Waals surface area (Å²) in [5.74, 6) is -4.54. The number of amides is 1. The lowest BCUT2D eigenvalue weighted by atomic mass is 9.90. The first-order valence-corrected chi connectivity index (χ1v) is 8.96. The molecule has 144 valence electrons. The average molecular weight is 375 g/mol. The van der Waals surface area contributed by atoms with Crippen LogP contribution in [-0.4, -0.2) is 35.0 Å². The zero-order valence-electron chi connectivity index (χ0n) is 14.5. The monoisotopic (exact) mass is 375 g/mol. The van der Waals surface area contributed by atoms with Gasteiger partial charge in [0.05, 0.1) is 5.92 Å². The van der Waals surface area contributed by atoms with Gasteiger partial charge in [-0.3, -0.25) is 4.79 Å². The maximum absolute atomic E-state index is 13.4. The van der Waals surface area contributed by atoms with Crippen LogP contribution in [0.5, 0.6) is 0 Å². The van der Waals surface area contributed by atoms with Crippen molar-refractivity contribution in [1.82, 2.24) is 4.90 Å². The fourth-order valence-electron chi connectivity index (χ4n) is 3.54. The lowest BCUT2D eigenvalue weighted by molar-refractivity contribution is -0.146. The SMILES string of the molecule is C[C@H](c1ccc(C(=O)N(C2CC2)C2CCC(F)(F)CC2)cc1)C(F)(F)F. The van der Waals surface area contributed by atoms with Gasteiger partial charge in [0.25, 0.3) is 5.91 Å². The van der Waals surface area contributed by atoms with Crippen LogP contribution >= 0.6 is 0 Å². The summed E-state index contributed by atoms with van der Waals surface area (Å²) in [7, 11) is 0. The Hall–Kier alpha value is -1.66. The Balaban J connectivity index is 1.74. The molecular weight excluding hydrogens is 353 g/mol. The second kappa shape index (κ2) is 6.82. The van der Waals surface area contributed by atoms with Gasteiger partial charge in [0, 0.05) is 30.5 Å². The average Bonchev–Trinajstić information content (AvgIpc) is 3.40. The zero-order chi connectivity index (χ0) is 19.1. The Labute approximate surface area is 149 Å². The molecule has 3 rings (SSSR count). The Morgan fingerprint density at radius 2 is 1.54 bits per heavy atom. The molecule has 0 N–H and O–H groups in total. The highest BCUT2D eigenvalue weighted by atomic mass is 19.4. The second-order valence-electron chi connectivity index (χ2n) is 7.42. The van der Waals surface area contributed by atoms with Crippen molar-refractivity contribution in [2.24, 2.45) is 0 Å². The van der Waals surface area contributed by atoms with Crippen molar-refractivity contribution in [3.8, 4) is 0 Å².